The minimum Gasteiger partial charge on any atom is -0.345 e. The molecule has 2 amide bonds. The summed E-state index contributed by atoms with van der Waals surface area (Å²) in [5.41, 5.74) is 5.40. The SMILES string of the molecule is O=C(NC1CCc2ccc(C(=O)N3CCC4(CCC(c5ncc(C(F)(F)F)cn5)CC4)N3)cc21)c1ccccc1Cl. The lowest BCUT2D eigenvalue weighted by atomic mass is 9.75. The molecular weight excluding hydrogens is 555 g/mol. The van der Waals surface area contributed by atoms with Gasteiger partial charge < -0.3 is 5.32 Å². The van der Waals surface area contributed by atoms with Gasteiger partial charge in [-0.25, -0.2) is 15.4 Å². The van der Waals surface area contributed by atoms with Crippen LogP contribution in [-0.2, 0) is 12.6 Å². The molecule has 1 saturated carbocycles. The van der Waals surface area contributed by atoms with Crippen LogP contribution >= 0.6 is 11.6 Å². The normalized spacial score (nSPS) is 24.0. The Morgan fingerprint density at radius 3 is 2.46 bits per heavy atom. The van der Waals surface area contributed by atoms with Crippen LogP contribution in [0, 0.1) is 0 Å². The zero-order valence-electron chi connectivity index (χ0n) is 22.2. The van der Waals surface area contributed by atoms with E-state index in [-0.39, 0.29) is 29.3 Å². The second-order valence-corrected chi connectivity index (χ2v) is 11.6. The number of benzene rings is 2. The summed E-state index contributed by atoms with van der Waals surface area (Å²) in [7, 11) is 0. The second-order valence-electron chi connectivity index (χ2n) is 11.2. The van der Waals surface area contributed by atoms with Crippen molar-refractivity contribution in [3.8, 4) is 0 Å². The Morgan fingerprint density at radius 1 is 1.02 bits per heavy atom. The van der Waals surface area contributed by atoms with Crippen molar-refractivity contribution in [3.63, 3.8) is 0 Å². The molecule has 1 atom stereocenters. The van der Waals surface area contributed by atoms with Gasteiger partial charge in [-0.2, -0.15) is 13.2 Å². The molecule has 2 aliphatic carbocycles. The molecule has 1 spiro atoms. The van der Waals surface area contributed by atoms with Crippen LogP contribution in [0.2, 0.25) is 5.02 Å². The summed E-state index contributed by atoms with van der Waals surface area (Å²) < 4.78 is 38.6. The number of carbonyl (C=O) groups is 2. The van der Waals surface area contributed by atoms with Crippen LogP contribution in [0.5, 0.6) is 0 Å². The van der Waals surface area contributed by atoms with E-state index < -0.39 is 11.7 Å². The van der Waals surface area contributed by atoms with Crippen LogP contribution < -0.4 is 10.7 Å². The zero-order valence-corrected chi connectivity index (χ0v) is 22.9. The number of hydrogen-bond acceptors (Lipinski definition) is 5. The molecule has 6 rings (SSSR count). The third kappa shape index (κ3) is 5.55. The molecule has 1 aliphatic heterocycles. The number of carbonyl (C=O) groups excluding carboxylic acids is 2. The van der Waals surface area contributed by atoms with Gasteiger partial charge in [-0.3, -0.25) is 14.6 Å². The zero-order chi connectivity index (χ0) is 28.8. The smallest absolute Gasteiger partial charge is 0.345 e. The average molecular weight is 584 g/mol. The lowest BCUT2D eigenvalue weighted by molar-refractivity contribution is -0.138. The van der Waals surface area contributed by atoms with Crippen LogP contribution in [0.15, 0.2) is 54.9 Å². The number of nitrogens with one attached hydrogen (secondary N) is 2. The van der Waals surface area contributed by atoms with E-state index in [1.807, 2.05) is 18.2 Å². The molecule has 1 saturated heterocycles. The van der Waals surface area contributed by atoms with Gasteiger partial charge in [0.05, 0.1) is 22.2 Å². The van der Waals surface area contributed by atoms with Crippen LogP contribution in [0.1, 0.15) is 93.7 Å². The molecule has 0 radical (unpaired) electrons. The Balaban J connectivity index is 1.09. The lowest BCUT2D eigenvalue weighted by Gasteiger charge is -2.37. The van der Waals surface area contributed by atoms with E-state index in [4.69, 9.17) is 11.6 Å². The summed E-state index contributed by atoms with van der Waals surface area (Å²) in [4.78, 5) is 34.4. The van der Waals surface area contributed by atoms with Crippen LogP contribution in [-0.4, -0.2) is 38.9 Å². The Hall–Kier alpha value is -3.50. The first-order valence-electron chi connectivity index (χ1n) is 13.8. The molecule has 2 aromatic carbocycles. The molecule has 1 aromatic heterocycles. The lowest BCUT2D eigenvalue weighted by Crippen LogP contribution is -2.49. The summed E-state index contributed by atoms with van der Waals surface area (Å²) >= 11 is 6.20. The highest BCUT2D eigenvalue weighted by Gasteiger charge is 2.43. The van der Waals surface area contributed by atoms with Gasteiger partial charge in [0.15, 0.2) is 0 Å². The number of rotatable bonds is 4. The number of aromatic nitrogens is 2. The molecule has 3 aliphatic rings. The van der Waals surface area contributed by atoms with Crippen molar-refractivity contribution in [3.05, 3.63) is 93.5 Å². The Labute approximate surface area is 240 Å². The maximum atomic E-state index is 13.5. The van der Waals surface area contributed by atoms with Crippen molar-refractivity contribution in [2.24, 2.45) is 0 Å². The molecule has 11 heteroatoms. The molecule has 214 valence electrons. The minimum absolute atomic E-state index is 0.0101. The summed E-state index contributed by atoms with van der Waals surface area (Å²) in [5.74, 6) is 0.0590. The van der Waals surface area contributed by atoms with Crippen molar-refractivity contribution in [2.75, 3.05) is 6.54 Å². The Morgan fingerprint density at radius 2 is 1.76 bits per heavy atom. The van der Waals surface area contributed by atoms with Gasteiger partial charge in [-0.15, -0.1) is 0 Å². The van der Waals surface area contributed by atoms with E-state index in [1.54, 1.807) is 29.3 Å². The number of halogens is 4. The number of alkyl halides is 3. The molecule has 7 nitrogen and oxygen atoms in total. The maximum absolute atomic E-state index is 13.5. The van der Waals surface area contributed by atoms with Crippen molar-refractivity contribution in [1.82, 2.24) is 25.7 Å². The van der Waals surface area contributed by atoms with Crippen molar-refractivity contribution in [2.45, 2.75) is 68.6 Å². The van der Waals surface area contributed by atoms with Gasteiger partial charge in [0, 0.05) is 36.0 Å². The first kappa shape index (κ1) is 27.7. The highest BCUT2D eigenvalue weighted by atomic mass is 35.5. The van der Waals surface area contributed by atoms with Gasteiger partial charge >= 0.3 is 6.18 Å². The highest BCUT2D eigenvalue weighted by molar-refractivity contribution is 6.33. The third-order valence-electron chi connectivity index (χ3n) is 8.63. The predicted octanol–water partition coefficient (Wildman–Crippen LogP) is 6.01. The first-order valence-corrected chi connectivity index (χ1v) is 14.2. The fourth-order valence-corrected chi connectivity index (χ4v) is 6.51. The first-order chi connectivity index (χ1) is 19.6. The number of nitrogens with zero attached hydrogens (tertiary/aromatic N) is 3. The Kier molecular flexibility index (Phi) is 7.23. The number of aryl methyl sites for hydroxylation is 1. The Bertz CT molecular complexity index is 1470. The van der Waals surface area contributed by atoms with Gasteiger partial charge in [-0.05, 0) is 80.3 Å². The van der Waals surface area contributed by atoms with E-state index in [9.17, 15) is 22.8 Å². The molecule has 0 bridgehead atoms. The summed E-state index contributed by atoms with van der Waals surface area (Å²) in [6.07, 6.45) is 2.60. The van der Waals surface area contributed by atoms with E-state index >= 15 is 0 Å². The summed E-state index contributed by atoms with van der Waals surface area (Å²) in [6.45, 7) is 0.560. The number of fused-ring (bicyclic) bond motifs is 1. The van der Waals surface area contributed by atoms with Crippen LogP contribution in [0.25, 0.3) is 0 Å². The minimum atomic E-state index is -4.46. The number of hydrogen-bond donors (Lipinski definition) is 2. The molecule has 2 heterocycles. The van der Waals surface area contributed by atoms with E-state index in [0.717, 1.165) is 68.5 Å². The van der Waals surface area contributed by atoms with Gasteiger partial charge in [0.25, 0.3) is 11.8 Å². The van der Waals surface area contributed by atoms with Crippen molar-refractivity contribution >= 4 is 23.4 Å². The average Bonchev–Trinajstić information content (AvgIpc) is 3.57. The van der Waals surface area contributed by atoms with Crippen molar-refractivity contribution in [1.29, 1.82) is 0 Å². The van der Waals surface area contributed by atoms with Gasteiger partial charge in [0.2, 0.25) is 0 Å². The van der Waals surface area contributed by atoms with Crippen molar-refractivity contribution < 1.29 is 22.8 Å². The summed E-state index contributed by atoms with van der Waals surface area (Å²) in [5, 5.41) is 5.13. The fraction of sp³-hybridized carbons (Fsp3) is 0.400. The third-order valence-corrected chi connectivity index (χ3v) is 8.96. The number of amides is 2. The molecule has 1 unspecified atom stereocenters. The standard InChI is InChI=1S/C30H29ClF3N5O2/c31-24-4-2-1-3-22(24)27(40)37-25-8-7-18-5-6-20(15-23(18)25)28(41)39-14-13-29(38-39)11-9-19(10-12-29)26-35-16-21(17-36-26)30(32,33)34/h1-6,15-17,19,25,38H,7-14H2,(H,37,40). The molecule has 2 fully saturated rings. The highest BCUT2D eigenvalue weighted by Crippen LogP contribution is 2.41. The summed E-state index contributed by atoms with van der Waals surface area (Å²) in [6, 6.07) is 12.4. The topological polar surface area (TPSA) is 87.2 Å². The van der Waals surface area contributed by atoms with Gasteiger partial charge in [-0.1, -0.05) is 29.8 Å². The number of hydrazine groups is 1. The van der Waals surface area contributed by atoms with Crippen LogP contribution in [0.4, 0.5) is 13.2 Å². The van der Waals surface area contributed by atoms with Crippen LogP contribution in [0.3, 0.4) is 0 Å². The monoisotopic (exact) mass is 583 g/mol. The maximum Gasteiger partial charge on any atom is 0.419 e. The van der Waals surface area contributed by atoms with E-state index in [1.165, 1.54) is 0 Å². The predicted molar refractivity (Wildman–Crippen MR) is 146 cm³/mol. The largest absolute Gasteiger partial charge is 0.419 e. The fourth-order valence-electron chi connectivity index (χ4n) is 6.28. The van der Waals surface area contributed by atoms with Gasteiger partial charge in [0.1, 0.15) is 5.82 Å². The molecule has 2 N–H and O–H groups in total. The quantitative estimate of drug-likeness (QED) is 0.393. The van der Waals surface area contributed by atoms with E-state index in [0.29, 0.717) is 28.5 Å². The van der Waals surface area contributed by atoms with E-state index in [2.05, 4.69) is 20.7 Å². The second kappa shape index (κ2) is 10.7. The molecule has 41 heavy (non-hydrogen) atoms. The molecular formula is C30H29ClF3N5O2. The molecule has 3 aromatic rings.